The fourth-order valence-electron chi connectivity index (χ4n) is 4.40. The van der Waals surface area contributed by atoms with Gasteiger partial charge in [0.15, 0.2) is 11.5 Å². The number of hydrogen-bond donors (Lipinski definition) is 3. The molecule has 2 aromatic carbocycles. The first-order valence-electron chi connectivity index (χ1n) is 12.1. The molecule has 0 bridgehead atoms. The molecule has 36 heavy (non-hydrogen) atoms. The van der Waals surface area contributed by atoms with E-state index >= 15 is 0 Å². The lowest BCUT2D eigenvalue weighted by Crippen LogP contribution is -2.33. The number of halogens is 1. The van der Waals surface area contributed by atoms with Crippen LogP contribution in [0.1, 0.15) is 28.9 Å². The molecular formula is C27H32ClN3O4S. The number of benzene rings is 2. The molecule has 192 valence electrons. The predicted molar refractivity (Wildman–Crippen MR) is 147 cm³/mol. The lowest BCUT2D eigenvalue weighted by Gasteiger charge is -2.22. The number of thiophene rings is 1. The molecular weight excluding hydrogens is 498 g/mol. The zero-order valence-corrected chi connectivity index (χ0v) is 22.1. The molecule has 0 spiro atoms. The van der Waals surface area contributed by atoms with Crippen LogP contribution in [0.3, 0.4) is 0 Å². The number of methoxy groups -OCH3 is 1. The fraction of sp³-hybridized carbons (Fsp3) is 0.370. The molecule has 3 N–H and O–H groups in total. The van der Waals surface area contributed by atoms with Crippen LogP contribution in [-0.4, -0.2) is 62.4 Å². The van der Waals surface area contributed by atoms with Gasteiger partial charge in [0, 0.05) is 41.3 Å². The normalized spacial score (nSPS) is 15.6. The van der Waals surface area contributed by atoms with Gasteiger partial charge in [-0.25, -0.2) is 0 Å². The number of aliphatic hydroxyl groups is 1. The Morgan fingerprint density at radius 2 is 2.00 bits per heavy atom. The Labute approximate surface area is 221 Å². The third-order valence-corrected chi connectivity index (χ3v) is 7.75. The predicted octanol–water partition coefficient (Wildman–Crippen LogP) is 5.60. The molecule has 4 rings (SSSR count). The van der Waals surface area contributed by atoms with Crippen LogP contribution in [0.15, 0.2) is 48.5 Å². The number of ether oxygens (including phenoxy) is 2. The molecule has 9 heteroatoms. The van der Waals surface area contributed by atoms with Crippen molar-refractivity contribution in [1.82, 2.24) is 4.90 Å². The molecule has 3 aromatic rings. The van der Waals surface area contributed by atoms with Crippen molar-refractivity contribution < 1.29 is 19.4 Å². The first-order valence-corrected chi connectivity index (χ1v) is 13.3. The monoisotopic (exact) mass is 529 g/mol. The first kappa shape index (κ1) is 26.3. The molecule has 2 heterocycles. The largest absolute Gasteiger partial charge is 0.493 e. The Morgan fingerprint density at radius 1 is 1.19 bits per heavy atom. The van der Waals surface area contributed by atoms with Gasteiger partial charge in [-0.15, -0.1) is 11.3 Å². The summed E-state index contributed by atoms with van der Waals surface area (Å²) in [6.07, 6.45) is 3.05. The quantitative estimate of drug-likeness (QED) is 0.281. The van der Waals surface area contributed by atoms with Crippen LogP contribution in [0, 0.1) is 0 Å². The maximum Gasteiger partial charge on any atom is 0.267 e. The zero-order chi connectivity index (χ0) is 25.5. The summed E-state index contributed by atoms with van der Waals surface area (Å²) in [5, 5.41) is 16.2. The molecule has 1 atom stereocenters. The van der Waals surface area contributed by atoms with Crippen LogP contribution < -0.4 is 20.1 Å². The molecule has 1 aliphatic heterocycles. The third-order valence-electron chi connectivity index (χ3n) is 6.31. The lowest BCUT2D eigenvalue weighted by atomic mass is 10.2. The van der Waals surface area contributed by atoms with Crippen molar-refractivity contribution in [3.05, 3.63) is 58.4 Å². The molecule has 0 saturated carbocycles. The maximum atomic E-state index is 13.1. The Hall–Kier alpha value is -2.78. The van der Waals surface area contributed by atoms with Crippen LogP contribution in [0.25, 0.3) is 10.4 Å². The molecule has 1 aromatic heterocycles. The standard InChI is InChI=1S/C27H32ClN3O4S/c1-29-22-16-25(18-6-8-19(28)9-7-18)36-26(22)27(33)30-20-10-11-23(24(15-20)34-2)35-14-4-13-31-12-3-5-21(31)17-32/h6-11,15-16,21,29,32H,3-5,12-14,17H2,1-2H3,(H,30,33)/t21-/m0/s1. The number of aliphatic hydroxyl groups excluding tert-OH is 1. The zero-order valence-electron chi connectivity index (χ0n) is 20.6. The van der Waals surface area contributed by atoms with E-state index in [-0.39, 0.29) is 18.6 Å². The number of carbonyl (C=O) groups excluding carboxylic acids is 1. The van der Waals surface area contributed by atoms with Crippen molar-refractivity contribution >= 4 is 40.2 Å². The summed E-state index contributed by atoms with van der Waals surface area (Å²) in [5.74, 6) is 0.987. The minimum atomic E-state index is -0.204. The van der Waals surface area contributed by atoms with Gasteiger partial charge in [0.25, 0.3) is 5.91 Å². The van der Waals surface area contributed by atoms with E-state index in [2.05, 4.69) is 15.5 Å². The number of rotatable bonds is 11. The number of amides is 1. The molecule has 7 nitrogen and oxygen atoms in total. The molecule has 1 aliphatic rings. The summed E-state index contributed by atoms with van der Waals surface area (Å²) in [7, 11) is 3.38. The van der Waals surface area contributed by atoms with Gasteiger partial charge < -0.3 is 25.2 Å². The SMILES string of the molecule is CNc1cc(-c2ccc(Cl)cc2)sc1C(=O)Nc1ccc(OCCCN2CCC[C@H]2CO)c(OC)c1. The van der Waals surface area contributed by atoms with Gasteiger partial charge in [-0.3, -0.25) is 9.69 Å². The maximum absolute atomic E-state index is 13.1. The summed E-state index contributed by atoms with van der Waals surface area (Å²) >= 11 is 7.43. The smallest absolute Gasteiger partial charge is 0.267 e. The van der Waals surface area contributed by atoms with Gasteiger partial charge >= 0.3 is 0 Å². The molecule has 1 fully saturated rings. The lowest BCUT2D eigenvalue weighted by molar-refractivity contribution is 0.103. The van der Waals surface area contributed by atoms with Crippen LogP contribution in [0.5, 0.6) is 11.5 Å². The van der Waals surface area contributed by atoms with E-state index in [0.29, 0.717) is 33.7 Å². The minimum Gasteiger partial charge on any atom is -0.493 e. The Bertz CT molecular complexity index is 1170. The third kappa shape index (κ3) is 6.31. The van der Waals surface area contributed by atoms with E-state index in [9.17, 15) is 9.90 Å². The second kappa shape index (κ2) is 12.5. The number of nitrogens with zero attached hydrogens (tertiary/aromatic N) is 1. The highest BCUT2D eigenvalue weighted by atomic mass is 35.5. The summed E-state index contributed by atoms with van der Waals surface area (Å²) < 4.78 is 11.5. The van der Waals surface area contributed by atoms with Crippen molar-refractivity contribution in [2.24, 2.45) is 0 Å². The average Bonchev–Trinajstić information content (AvgIpc) is 3.54. The number of hydrogen-bond acceptors (Lipinski definition) is 7. The minimum absolute atomic E-state index is 0.204. The van der Waals surface area contributed by atoms with Crippen molar-refractivity contribution in [2.75, 3.05) is 51.1 Å². The first-order chi connectivity index (χ1) is 17.5. The Morgan fingerprint density at radius 3 is 2.72 bits per heavy atom. The highest BCUT2D eigenvalue weighted by Crippen LogP contribution is 2.36. The van der Waals surface area contributed by atoms with E-state index in [1.165, 1.54) is 11.3 Å². The van der Waals surface area contributed by atoms with Crippen molar-refractivity contribution in [3.63, 3.8) is 0 Å². The summed E-state index contributed by atoms with van der Waals surface area (Å²) in [5.41, 5.74) is 2.38. The van der Waals surface area contributed by atoms with E-state index in [1.54, 1.807) is 20.2 Å². The molecule has 0 unspecified atom stereocenters. The van der Waals surface area contributed by atoms with E-state index < -0.39 is 0 Å². The van der Waals surface area contributed by atoms with Crippen molar-refractivity contribution in [1.29, 1.82) is 0 Å². The topological polar surface area (TPSA) is 83.1 Å². The fourth-order valence-corrected chi connectivity index (χ4v) is 5.59. The molecule has 1 amide bonds. The van der Waals surface area contributed by atoms with Crippen molar-refractivity contribution in [2.45, 2.75) is 25.3 Å². The second-order valence-corrected chi connectivity index (χ2v) is 10.1. The number of carbonyl (C=O) groups is 1. The summed E-state index contributed by atoms with van der Waals surface area (Å²) in [4.78, 5) is 17.0. The molecule has 0 aliphatic carbocycles. The van der Waals surface area contributed by atoms with Gasteiger partial charge in [-0.2, -0.15) is 0 Å². The second-order valence-electron chi connectivity index (χ2n) is 8.65. The van der Waals surface area contributed by atoms with Gasteiger partial charge in [-0.1, -0.05) is 23.7 Å². The van der Waals surface area contributed by atoms with Crippen molar-refractivity contribution in [3.8, 4) is 21.9 Å². The van der Waals surface area contributed by atoms with Gasteiger partial charge in [0.2, 0.25) is 0 Å². The summed E-state index contributed by atoms with van der Waals surface area (Å²) in [6.45, 7) is 2.69. The average molecular weight is 530 g/mol. The van der Waals surface area contributed by atoms with Gasteiger partial charge in [0.05, 0.1) is 26.0 Å². The number of anilines is 2. The van der Waals surface area contributed by atoms with Gasteiger partial charge in [0.1, 0.15) is 4.88 Å². The molecule has 0 radical (unpaired) electrons. The van der Waals surface area contributed by atoms with Crippen LogP contribution in [-0.2, 0) is 0 Å². The Balaban J connectivity index is 1.38. The van der Waals surface area contributed by atoms with E-state index in [1.807, 2.05) is 42.5 Å². The number of likely N-dealkylation sites (tertiary alicyclic amines) is 1. The van der Waals surface area contributed by atoms with Gasteiger partial charge in [-0.05, 0) is 61.7 Å². The summed E-state index contributed by atoms with van der Waals surface area (Å²) in [6, 6.07) is 15.2. The van der Waals surface area contributed by atoms with Crippen LogP contribution in [0.4, 0.5) is 11.4 Å². The van der Waals surface area contributed by atoms with Crippen LogP contribution >= 0.6 is 22.9 Å². The number of nitrogens with one attached hydrogen (secondary N) is 2. The van der Waals surface area contributed by atoms with E-state index in [4.69, 9.17) is 21.1 Å². The Kier molecular flexibility index (Phi) is 9.09. The van der Waals surface area contributed by atoms with Crippen LogP contribution in [0.2, 0.25) is 5.02 Å². The van der Waals surface area contributed by atoms with E-state index in [0.717, 1.165) is 48.5 Å². The highest BCUT2D eigenvalue weighted by Gasteiger charge is 2.23. The molecule has 1 saturated heterocycles. The highest BCUT2D eigenvalue weighted by molar-refractivity contribution is 7.18.